The molecule has 2 N–H and O–H groups in total. The van der Waals surface area contributed by atoms with Gasteiger partial charge in [-0.15, -0.1) is 0 Å². The summed E-state index contributed by atoms with van der Waals surface area (Å²) in [7, 11) is 0. The van der Waals surface area contributed by atoms with E-state index in [0.29, 0.717) is 11.3 Å². The zero-order valence-corrected chi connectivity index (χ0v) is 10.6. The Morgan fingerprint density at radius 2 is 2.06 bits per heavy atom. The average Bonchev–Trinajstić information content (AvgIpc) is 2.29. The van der Waals surface area contributed by atoms with Crippen molar-refractivity contribution in [3.05, 3.63) is 29.8 Å². The van der Waals surface area contributed by atoms with Crippen LogP contribution in [0.25, 0.3) is 0 Å². The van der Waals surface area contributed by atoms with Gasteiger partial charge >= 0.3 is 0 Å². The van der Waals surface area contributed by atoms with Gasteiger partial charge in [0, 0.05) is 0 Å². The largest absolute Gasteiger partial charge is 0.490 e. The number of amides is 1. The summed E-state index contributed by atoms with van der Waals surface area (Å²) in [6.07, 6.45) is 4.68. The molecule has 94 valence electrons. The van der Waals surface area contributed by atoms with Crippen LogP contribution in [0.4, 0.5) is 0 Å². The monoisotopic (exact) mass is 235 g/mol. The summed E-state index contributed by atoms with van der Waals surface area (Å²) in [5.74, 6) is 0.144. The molecule has 3 nitrogen and oxygen atoms in total. The van der Waals surface area contributed by atoms with Crippen LogP contribution in [-0.4, -0.2) is 12.0 Å². The molecule has 0 aliphatic heterocycles. The van der Waals surface area contributed by atoms with Gasteiger partial charge in [0.05, 0.1) is 11.7 Å². The fourth-order valence-corrected chi connectivity index (χ4v) is 1.73. The number of carbonyl (C=O) groups is 1. The van der Waals surface area contributed by atoms with Gasteiger partial charge in [0.15, 0.2) is 0 Å². The van der Waals surface area contributed by atoms with E-state index in [1.807, 2.05) is 13.0 Å². The highest BCUT2D eigenvalue weighted by Gasteiger charge is 2.11. The van der Waals surface area contributed by atoms with Crippen LogP contribution in [0.15, 0.2) is 24.3 Å². The third-order valence-electron chi connectivity index (χ3n) is 2.69. The lowest BCUT2D eigenvalue weighted by molar-refractivity contribution is 0.0993. The predicted molar refractivity (Wildman–Crippen MR) is 69.2 cm³/mol. The molecular weight excluding hydrogens is 214 g/mol. The van der Waals surface area contributed by atoms with Gasteiger partial charge in [0.1, 0.15) is 5.75 Å². The Bertz CT molecular complexity index is 363. The van der Waals surface area contributed by atoms with Gasteiger partial charge in [0.2, 0.25) is 0 Å². The molecule has 0 saturated heterocycles. The van der Waals surface area contributed by atoms with Gasteiger partial charge in [0.25, 0.3) is 5.91 Å². The SMILES string of the molecule is CCCCC[C@H](C)Oc1ccccc1C(N)=O. The number of benzene rings is 1. The van der Waals surface area contributed by atoms with Crippen LogP contribution in [0.5, 0.6) is 5.75 Å². The van der Waals surface area contributed by atoms with E-state index in [1.165, 1.54) is 12.8 Å². The molecular formula is C14H21NO2. The van der Waals surface area contributed by atoms with E-state index < -0.39 is 5.91 Å². The van der Waals surface area contributed by atoms with Gasteiger partial charge in [-0.3, -0.25) is 4.79 Å². The van der Waals surface area contributed by atoms with Crippen molar-refractivity contribution in [2.75, 3.05) is 0 Å². The summed E-state index contributed by atoms with van der Waals surface area (Å²) < 4.78 is 5.75. The molecule has 0 spiro atoms. The number of unbranched alkanes of at least 4 members (excludes halogenated alkanes) is 2. The first kappa shape index (κ1) is 13.6. The number of carbonyl (C=O) groups excluding carboxylic acids is 1. The molecule has 1 rings (SSSR count). The molecule has 0 bridgehead atoms. The van der Waals surface area contributed by atoms with E-state index in [-0.39, 0.29) is 6.10 Å². The molecule has 1 aromatic rings. The van der Waals surface area contributed by atoms with Gasteiger partial charge in [-0.1, -0.05) is 31.9 Å². The molecule has 0 fully saturated rings. The summed E-state index contributed by atoms with van der Waals surface area (Å²) >= 11 is 0. The highest BCUT2D eigenvalue weighted by molar-refractivity contribution is 5.95. The Labute approximate surface area is 103 Å². The smallest absolute Gasteiger partial charge is 0.252 e. The molecule has 17 heavy (non-hydrogen) atoms. The normalized spacial score (nSPS) is 12.1. The third kappa shape index (κ3) is 4.47. The van der Waals surface area contributed by atoms with E-state index in [0.717, 1.165) is 12.8 Å². The molecule has 0 aliphatic carbocycles. The fraction of sp³-hybridized carbons (Fsp3) is 0.500. The predicted octanol–water partition coefficient (Wildman–Crippen LogP) is 3.13. The van der Waals surface area contributed by atoms with Gasteiger partial charge < -0.3 is 10.5 Å². The van der Waals surface area contributed by atoms with Gasteiger partial charge in [-0.2, -0.15) is 0 Å². The first-order valence-electron chi connectivity index (χ1n) is 6.20. The van der Waals surface area contributed by atoms with Crippen molar-refractivity contribution in [1.29, 1.82) is 0 Å². The molecule has 1 atom stereocenters. The Kier molecular flexibility index (Phi) is 5.53. The van der Waals surface area contributed by atoms with Crippen molar-refractivity contribution in [2.24, 2.45) is 5.73 Å². The maximum atomic E-state index is 11.2. The molecule has 0 aromatic heterocycles. The van der Waals surface area contributed by atoms with Crippen LogP contribution in [0.1, 0.15) is 49.9 Å². The zero-order valence-electron chi connectivity index (χ0n) is 10.6. The zero-order chi connectivity index (χ0) is 12.7. The van der Waals surface area contributed by atoms with Crippen LogP contribution in [0.3, 0.4) is 0 Å². The maximum absolute atomic E-state index is 11.2. The van der Waals surface area contributed by atoms with Crippen LogP contribution >= 0.6 is 0 Å². The fourth-order valence-electron chi connectivity index (χ4n) is 1.73. The minimum atomic E-state index is -0.443. The molecule has 0 saturated carbocycles. The summed E-state index contributed by atoms with van der Waals surface area (Å²) in [5, 5.41) is 0. The minimum Gasteiger partial charge on any atom is -0.490 e. The van der Waals surface area contributed by atoms with E-state index in [9.17, 15) is 4.79 Å². The molecule has 0 unspecified atom stereocenters. The van der Waals surface area contributed by atoms with Crippen LogP contribution in [0, 0.1) is 0 Å². The number of hydrogen-bond donors (Lipinski definition) is 1. The number of para-hydroxylation sites is 1. The Balaban J connectivity index is 2.58. The Morgan fingerprint density at radius 3 is 2.71 bits per heavy atom. The van der Waals surface area contributed by atoms with Crippen molar-refractivity contribution >= 4 is 5.91 Å². The third-order valence-corrected chi connectivity index (χ3v) is 2.69. The van der Waals surface area contributed by atoms with Gasteiger partial charge in [-0.05, 0) is 31.9 Å². The highest BCUT2D eigenvalue weighted by Crippen LogP contribution is 2.20. The second-order valence-electron chi connectivity index (χ2n) is 4.28. The standard InChI is InChI=1S/C14H21NO2/c1-3-4-5-8-11(2)17-13-10-7-6-9-12(13)14(15)16/h6-7,9-11H,3-5,8H2,1-2H3,(H2,15,16)/t11-/m0/s1. The highest BCUT2D eigenvalue weighted by atomic mass is 16.5. The van der Waals surface area contributed by atoms with Crippen molar-refractivity contribution in [3.63, 3.8) is 0 Å². The number of ether oxygens (including phenoxy) is 1. The molecule has 0 radical (unpaired) electrons. The summed E-state index contributed by atoms with van der Waals surface area (Å²) in [6, 6.07) is 7.11. The lowest BCUT2D eigenvalue weighted by Crippen LogP contribution is -2.17. The minimum absolute atomic E-state index is 0.113. The average molecular weight is 235 g/mol. The summed E-state index contributed by atoms with van der Waals surface area (Å²) in [6.45, 7) is 4.20. The quantitative estimate of drug-likeness (QED) is 0.738. The lowest BCUT2D eigenvalue weighted by atomic mass is 10.1. The number of rotatable bonds is 7. The molecule has 1 amide bonds. The number of nitrogens with two attached hydrogens (primary N) is 1. The van der Waals surface area contributed by atoms with Gasteiger partial charge in [-0.25, -0.2) is 0 Å². The van der Waals surface area contributed by atoms with Crippen molar-refractivity contribution < 1.29 is 9.53 Å². The van der Waals surface area contributed by atoms with Crippen LogP contribution in [0.2, 0.25) is 0 Å². The van der Waals surface area contributed by atoms with E-state index in [2.05, 4.69) is 6.92 Å². The number of primary amides is 1. The summed E-state index contributed by atoms with van der Waals surface area (Å²) in [5.41, 5.74) is 5.75. The van der Waals surface area contributed by atoms with Crippen molar-refractivity contribution in [2.45, 2.75) is 45.6 Å². The summed E-state index contributed by atoms with van der Waals surface area (Å²) in [4.78, 5) is 11.2. The van der Waals surface area contributed by atoms with Crippen molar-refractivity contribution in [1.82, 2.24) is 0 Å². The van der Waals surface area contributed by atoms with Crippen LogP contribution in [-0.2, 0) is 0 Å². The molecule has 0 aliphatic rings. The topological polar surface area (TPSA) is 52.3 Å². The second-order valence-corrected chi connectivity index (χ2v) is 4.28. The molecule has 1 aromatic carbocycles. The molecule has 0 heterocycles. The Hall–Kier alpha value is -1.51. The Morgan fingerprint density at radius 1 is 1.35 bits per heavy atom. The van der Waals surface area contributed by atoms with E-state index >= 15 is 0 Å². The first-order chi connectivity index (χ1) is 8.15. The lowest BCUT2D eigenvalue weighted by Gasteiger charge is -2.16. The van der Waals surface area contributed by atoms with Crippen molar-refractivity contribution in [3.8, 4) is 5.75 Å². The van der Waals surface area contributed by atoms with E-state index in [1.54, 1.807) is 18.2 Å². The maximum Gasteiger partial charge on any atom is 0.252 e. The van der Waals surface area contributed by atoms with Crippen LogP contribution < -0.4 is 10.5 Å². The number of hydrogen-bond acceptors (Lipinski definition) is 2. The second kappa shape index (κ2) is 6.94. The first-order valence-corrected chi connectivity index (χ1v) is 6.20. The molecule has 3 heteroatoms. The van der Waals surface area contributed by atoms with E-state index in [4.69, 9.17) is 10.5 Å².